The maximum atomic E-state index is 12.6. The van der Waals surface area contributed by atoms with Crippen molar-refractivity contribution < 1.29 is 9.32 Å². The van der Waals surface area contributed by atoms with Gasteiger partial charge in [0.1, 0.15) is 0 Å². The second kappa shape index (κ2) is 9.00. The topological polar surface area (TPSA) is 95.6 Å². The number of hydrogen-bond acceptors (Lipinski definition) is 5. The summed E-state index contributed by atoms with van der Waals surface area (Å²) in [7, 11) is 5.38. The third kappa shape index (κ3) is 4.95. The molecule has 146 valence electrons. The minimum Gasteiger partial charge on any atom is -0.356 e. The summed E-state index contributed by atoms with van der Waals surface area (Å²) in [6.07, 6.45) is 4.68. The van der Waals surface area contributed by atoms with Crippen molar-refractivity contribution in [1.82, 2.24) is 25.7 Å². The fraction of sp³-hybridized carbons (Fsp3) is 0.778. The van der Waals surface area contributed by atoms with Gasteiger partial charge in [0, 0.05) is 46.6 Å². The van der Waals surface area contributed by atoms with E-state index in [-0.39, 0.29) is 17.2 Å². The smallest absolute Gasteiger partial charge is 0.230 e. The van der Waals surface area contributed by atoms with Gasteiger partial charge in [-0.1, -0.05) is 31.8 Å². The Morgan fingerprint density at radius 2 is 2.00 bits per heavy atom. The zero-order chi connectivity index (χ0) is 19.2. The number of rotatable bonds is 7. The van der Waals surface area contributed by atoms with Crippen LogP contribution in [-0.4, -0.2) is 61.1 Å². The number of hydrogen-bond donors (Lipinski definition) is 2. The summed E-state index contributed by atoms with van der Waals surface area (Å²) < 4.78 is 5.24. The molecule has 8 nitrogen and oxygen atoms in total. The molecular weight excluding hydrogens is 332 g/mol. The third-order valence-electron chi connectivity index (χ3n) is 4.87. The first-order chi connectivity index (χ1) is 12.4. The highest BCUT2D eigenvalue weighted by molar-refractivity contribution is 5.85. The van der Waals surface area contributed by atoms with Gasteiger partial charge in [-0.25, -0.2) is 0 Å². The summed E-state index contributed by atoms with van der Waals surface area (Å²) in [5.41, 5.74) is -0.320. The highest BCUT2D eigenvalue weighted by Gasteiger charge is 2.42. The number of aliphatic imine (C=N–C) groups is 1. The lowest BCUT2D eigenvalue weighted by Crippen LogP contribution is -2.49. The van der Waals surface area contributed by atoms with Crippen LogP contribution >= 0.6 is 0 Å². The molecule has 0 atom stereocenters. The molecular formula is C18H32N6O2. The number of amides is 1. The van der Waals surface area contributed by atoms with Gasteiger partial charge in [-0.15, -0.1) is 0 Å². The van der Waals surface area contributed by atoms with E-state index in [1.807, 2.05) is 27.9 Å². The Balaban J connectivity index is 1.84. The molecule has 2 N–H and O–H groups in total. The second-order valence-electron chi connectivity index (χ2n) is 7.49. The Bertz CT molecular complexity index is 617. The summed E-state index contributed by atoms with van der Waals surface area (Å²) in [6, 6.07) is 0. The van der Waals surface area contributed by atoms with Crippen LogP contribution in [0.5, 0.6) is 0 Å². The average Bonchev–Trinajstić information content (AvgIpc) is 3.27. The van der Waals surface area contributed by atoms with Crippen LogP contribution < -0.4 is 10.6 Å². The lowest BCUT2D eigenvalue weighted by molar-refractivity contribution is -0.138. The van der Waals surface area contributed by atoms with Crippen LogP contribution in [0, 0.1) is 5.41 Å². The molecule has 1 aromatic rings. The van der Waals surface area contributed by atoms with Crippen LogP contribution in [0.15, 0.2) is 9.52 Å². The average molecular weight is 364 g/mol. The lowest BCUT2D eigenvalue weighted by atomic mass is 9.84. The summed E-state index contributed by atoms with van der Waals surface area (Å²) >= 11 is 0. The van der Waals surface area contributed by atoms with E-state index in [9.17, 15) is 4.79 Å². The molecule has 1 amide bonds. The van der Waals surface area contributed by atoms with E-state index in [1.54, 1.807) is 11.9 Å². The monoisotopic (exact) mass is 364 g/mol. The van der Waals surface area contributed by atoms with Crippen molar-refractivity contribution >= 4 is 11.9 Å². The van der Waals surface area contributed by atoms with Crippen molar-refractivity contribution in [1.29, 1.82) is 0 Å². The van der Waals surface area contributed by atoms with Crippen LogP contribution in [0.1, 0.15) is 57.2 Å². The fourth-order valence-corrected chi connectivity index (χ4v) is 3.36. The van der Waals surface area contributed by atoms with Crippen LogP contribution in [0.25, 0.3) is 0 Å². The van der Waals surface area contributed by atoms with Gasteiger partial charge >= 0.3 is 0 Å². The van der Waals surface area contributed by atoms with Gasteiger partial charge in [0.25, 0.3) is 0 Å². The third-order valence-corrected chi connectivity index (χ3v) is 4.87. The minimum atomic E-state index is -0.320. The summed E-state index contributed by atoms with van der Waals surface area (Å²) in [4.78, 5) is 22.9. The number of aromatic nitrogens is 2. The van der Waals surface area contributed by atoms with Crippen molar-refractivity contribution in [3.63, 3.8) is 0 Å². The number of guanidine groups is 1. The highest BCUT2D eigenvalue weighted by Crippen LogP contribution is 2.38. The molecule has 0 unspecified atom stereocenters. The molecule has 8 heteroatoms. The maximum absolute atomic E-state index is 12.6. The van der Waals surface area contributed by atoms with Crippen LogP contribution in [-0.2, 0) is 11.2 Å². The molecule has 1 aliphatic rings. The van der Waals surface area contributed by atoms with E-state index >= 15 is 0 Å². The molecule has 1 aromatic heterocycles. The molecule has 1 fully saturated rings. The predicted octanol–water partition coefficient (Wildman–Crippen LogP) is 1.55. The molecule has 26 heavy (non-hydrogen) atoms. The Kier molecular flexibility index (Phi) is 6.99. The Morgan fingerprint density at radius 1 is 1.31 bits per heavy atom. The fourth-order valence-electron chi connectivity index (χ4n) is 3.36. The highest BCUT2D eigenvalue weighted by atomic mass is 16.5. The van der Waals surface area contributed by atoms with Crippen LogP contribution in [0.3, 0.4) is 0 Å². The quantitative estimate of drug-likeness (QED) is 0.563. The van der Waals surface area contributed by atoms with Crippen molar-refractivity contribution in [3.8, 4) is 0 Å². The molecule has 1 heterocycles. The van der Waals surface area contributed by atoms with E-state index < -0.39 is 0 Å². The van der Waals surface area contributed by atoms with Crippen LogP contribution in [0.2, 0.25) is 0 Å². The standard InChI is InChI=1S/C18H32N6O2/c1-13(2)15-22-14(26-23-15)8-11-20-17(19-3)21-12-18(9-6-7-10-18)16(25)24(4)5/h13H,6-12H2,1-5H3,(H2,19,20,21). The normalized spacial score (nSPS) is 16.8. The molecule has 0 saturated heterocycles. The second-order valence-corrected chi connectivity index (χ2v) is 7.49. The van der Waals surface area contributed by atoms with Gasteiger partial charge in [-0.2, -0.15) is 4.98 Å². The zero-order valence-electron chi connectivity index (χ0n) is 16.6. The SMILES string of the molecule is CN=C(NCCc1nc(C(C)C)no1)NCC1(C(=O)N(C)C)CCCC1. The molecule has 0 aromatic carbocycles. The first-order valence-electron chi connectivity index (χ1n) is 9.37. The molecule has 0 aliphatic heterocycles. The lowest BCUT2D eigenvalue weighted by Gasteiger charge is -2.31. The van der Waals surface area contributed by atoms with E-state index in [4.69, 9.17) is 4.52 Å². The van der Waals surface area contributed by atoms with E-state index in [2.05, 4.69) is 25.8 Å². The van der Waals surface area contributed by atoms with Crippen molar-refractivity contribution in [2.75, 3.05) is 34.2 Å². The number of carbonyl (C=O) groups excluding carboxylic acids is 1. The Morgan fingerprint density at radius 3 is 2.54 bits per heavy atom. The molecule has 0 bridgehead atoms. The predicted molar refractivity (Wildman–Crippen MR) is 101 cm³/mol. The number of nitrogens with one attached hydrogen (secondary N) is 2. The first-order valence-corrected chi connectivity index (χ1v) is 9.37. The Hall–Kier alpha value is -2.12. The van der Waals surface area contributed by atoms with Crippen molar-refractivity contribution in [2.45, 2.75) is 51.9 Å². The minimum absolute atomic E-state index is 0.199. The van der Waals surface area contributed by atoms with Gasteiger partial charge in [0.15, 0.2) is 11.8 Å². The van der Waals surface area contributed by atoms with Crippen LogP contribution in [0.4, 0.5) is 0 Å². The van der Waals surface area contributed by atoms with Gasteiger partial charge < -0.3 is 20.1 Å². The van der Waals surface area contributed by atoms with Gasteiger partial charge in [0.2, 0.25) is 11.8 Å². The van der Waals surface area contributed by atoms with Gasteiger partial charge in [-0.3, -0.25) is 9.79 Å². The first kappa shape index (κ1) is 20.2. The molecule has 2 rings (SSSR count). The van der Waals surface area contributed by atoms with Gasteiger partial charge in [0.05, 0.1) is 5.41 Å². The summed E-state index contributed by atoms with van der Waals surface area (Å²) in [5.74, 6) is 2.49. The van der Waals surface area contributed by atoms with Crippen molar-refractivity contribution in [3.05, 3.63) is 11.7 Å². The zero-order valence-corrected chi connectivity index (χ0v) is 16.6. The largest absolute Gasteiger partial charge is 0.356 e. The molecule has 0 radical (unpaired) electrons. The maximum Gasteiger partial charge on any atom is 0.230 e. The molecule has 0 spiro atoms. The Labute approximate surface area is 155 Å². The molecule has 1 saturated carbocycles. The van der Waals surface area contributed by atoms with E-state index in [0.717, 1.165) is 31.5 Å². The van der Waals surface area contributed by atoms with E-state index in [1.165, 1.54) is 0 Å². The summed E-state index contributed by atoms with van der Waals surface area (Å²) in [6.45, 7) is 5.30. The van der Waals surface area contributed by atoms with E-state index in [0.29, 0.717) is 31.4 Å². The summed E-state index contributed by atoms with van der Waals surface area (Å²) in [5, 5.41) is 10.5. The number of carbonyl (C=O) groups is 1. The molecule has 1 aliphatic carbocycles. The number of nitrogens with zero attached hydrogens (tertiary/aromatic N) is 4. The van der Waals surface area contributed by atoms with Gasteiger partial charge in [-0.05, 0) is 12.8 Å². The van der Waals surface area contributed by atoms with Crippen molar-refractivity contribution in [2.24, 2.45) is 10.4 Å².